The molecule has 2 aliphatic rings. The van der Waals surface area contributed by atoms with Gasteiger partial charge >= 0.3 is 0 Å². The third kappa shape index (κ3) is 5.97. The second-order valence-corrected chi connectivity index (χ2v) is 12.9. The Morgan fingerprint density at radius 3 is 2.46 bits per heavy atom. The molecule has 2 fully saturated rings. The lowest BCUT2D eigenvalue weighted by molar-refractivity contribution is -0.134. The molecule has 7 nitrogen and oxygen atoms in total. The molecule has 5 rings (SSSR count). The van der Waals surface area contributed by atoms with Crippen molar-refractivity contribution in [3.8, 4) is 0 Å². The molecule has 0 spiro atoms. The smallest absolute Gasteiger partial charge is 0.252 e. The van der Waals surface area contributed by atoms with Gasteiger partial charge in [-0.25, -0.2) is 30.9 Å². The van der Waals surface area contributed by atoms with Gasteiger partial charge in [0.1, 0.15) is 17.7 Å². The molecule has 2 aromatic carbocycles. The summed E-state index contributed by atoms with van der Waals surface area (Å²) in [6, 6.07) is 12.6. The average molecular weight is 606 g/mol. The molecule has 1 aromatic heterocycles. The van der Waals surface area contributed by atoms with Crippen molar-refractivity contribution in [3.05, 3.63) is 94.4 Å². The molecule has 216 valence electrons. The van der Waals surface area contributed by atoms with Crippen LogP contribution in [0.3, 0.4) is 0 Å². The highest BCUT2D eigenvalue weighted by Crippen LogP contribution is 2.43. The fraction of sp³-hybridized carbons (Fsp3) is 0.345. The number of rotatable bonds is 8. The molecule has 1 saturated carbocycles. The zero-order valence-corrected chi connectivity index (χ0v) is 23.5. The number of Topliss-reactive ketones (excluding diaryl/α,β-unsaturated/α-hetero) is 1. The van der Waals surface area contributed by atoms with Crippen LogP contribution in [0.15, 0.2) is 66.9 Å². The quantitative estimate of drug-likeness (QED) is 0.384. The summed E-state index contributed by atoms with van der Waals surface area (Å²) in [6.45, 7) is 1.75. The zero-order chi connectivity index (χ0) is 29.5. The molecule has 2 heterocycles. The van der Waals surface area contributed by atoms with E-state index in [1.54, 1.807) is 25.1 Å². The number of benzene rings is 2. The lowest BCUT2D eigenvalue weighted by Gasteiger charge is -2.37. The van der Waals surface area contributed by atoms with Crippen molar-refractivity contribution in [2.24, 2.45) is 0 Å². The Hall–Kier alpha value is -3.44. The van der Waals surface area contributed by atoms with Crippen LogP contribution in [0.1, 0.15) is 47.8 Å². The Labute approximate surface area is 240 Å². The van der Waals surface area contributed by atoms with Crippen LogP contribution in [0.5, 0.6) is 0 Å². The fourth-order valence-electron chi connectivity index (χ4n) is 5.55. The monoisotopic (exact) mass is 605 g/mol. The summed E-state index contributed by atoms with van der Waals surface area (Å²) in [5, 5.41) is 2.74. The van der Waals surface area contributed by atoms with E-state index in [2.05, 4.69) is 10.3 Å². The summed E-state index contributed by atoms with van der Waals surface area (Å²) in [7, 11) is -3.95. The first kappa shape index (κ1) is 29.1. The lowest BCUT2D eigenvalue weighted by atomic mass is 9.75. The molecule has 1 saturated heterocycles. The summed E-state index contributed by atoms with van der Waals surface area (Å²) < 4.78 is 69.1. The van der Waals surface area contributed by atoms with Gasteiger partial charge in [0.15, 0.2) is 5.78 Å². The minimum absolute atomic E-state index is 0.0503. The predicted molar refractivity (Wildman–Crippen MR) is 148 cm³/mol. The molecule has 1 unspecified atom stereocenters. The third-order valence-corrected chi connectivity index (χ3v) is 9.63. The van der Waals surface area contributed by atoms with Crippen LogP contribution in [0.2, 0.25) is 5.02 Å². The second-order valence-electron chi connectivity index (χ2n) is 10.5. The average Bonchev–Trinajstić information content (AvgIpc) is 3.21. The number of halogens is 4. The number of carbonyl (C=O) groups excluding carboxylic acids is 2. The number of hydrogen-bond donors (Lipinski definition) is 1. The van der Waals surface area contributed by atoms with Crippen molar-refractivity contribution < 1.29 is 31.2 Å². The van der Waals surface area contributed by atoms with Gasteiger partial charge in [-0.1, -0.05) is 41.9 Å². The fourth-order valence-corrected chi connectivity index (χ4v) is 7.51. The summed E-state index contributed by atoms with van der Waals surface area (Å²) in [5.41, 5.74) is 1.06. The molecule has 41 heavy (non-hydrogen) atoms. The van der Waals surface area contributed by atoms with E-state index in [1.165, 1.54) is 42.6 Å². The molecule has 12 heteroatoms. The van der Waals surface area contributed by atoms with Crippen LogP contribution in [0.25, 0.3) is 0 Å². The standard InChI is InChI=1S/C29H27ClF3N3O4S/c1-17-9-11-34-24(13-17)36-23(10-12-41(36,39)40)27(37)25(18-5-4-6-19(31)14-18)26(21-7-2-3-8-22(21)30)28(38)35-20-15-29(32,33)16-20/h2-9,11,13-14,20,23,25-26H,10,12,15-16H2,1H3,(H,35,38)/t23-,25?,26+/m0/s1. The number of ketones is 1. The summed E-state index contributed by atoms with van der Waals surface area (Å²) in [4.78, 5) is 32.5. The SMILES string of the molecule is Cc1ccnc(N2[C@H](C(=O)C(c3cccc(F)c3)[C@H](C(=O)NC3CC(F)(F)C3)c3ccccc3Cl)CCS2(=O)=O)c1. The van der Waals surface area contributed by atoms with Crippen LogP contribution >= 0.6 is 11.6 Å². The Morgan fingerprint density at radius 2 is 1.80 bits per heavy atom. The number of alkyl halides is 2. The Balaban J connectivity index is 1.63. The van der Waals surface area contributed by atoms with E-state index in [0.29, 0.717) is 0 Å². The van der Waals surface area contributed by atoms with Gasteiger partial charge < -0.3 is 5.32 Å². The molecule has 0 radical (unpaired) electrons. The number of anilines is 1. The van der Waals surface area contributed by atoms with Crippen molar-refractivity contribution in [1.29, 1.82) is 0 Å². The zero-order valence-electron chi connectivity index (χ0n) is 21.9. The first-order valence-corrected chi connectivity index (χ1v) is 15.0. The Bertz CT molecular complexity index is 1600. The summed E-state index contributed by atoms with van der Waals surface area (Å²) in [6.07, 6.45) is 0.229. The number of nitrogens with one attached hydrogen (secondary N) is 1. The Morgan fingerprint density at radius 1 is 1.07 bits per heavy atom. The van der Waals surface area contributed by atoms with E-state index in [-0.39, 0.29) is 34.1 Å². The normalized spacial score (nSPS) is 21.1. The number of sulfonamides is 1. The van der Waals surface area contributed by atoms with E-state index >= 15 is 0 Å². The van der Waals surface area contributed by atoms with E-state index in [0.717, 1.165) is 15.9 Å². The molecule has 1 aliphatic carbocycles. The van der Waals surface area contributed by atoms with Gasteiger partial charge in [0.05, 0.1) is 17.6 Å². The van der Waals surface area contributed by atoms with Gasteiger partial charge in [0, 0.05) is 30.1 Å². The molecule has 1 aliphatic heterocycles. The molecule has 3 atom stereocenters. The maximum absolute atomic E-state index is 14.5. The van der Waals surface area contributed by atoms with E-state index in [1.807, 2.05) is 0 Å². The highest BCUT2D eigenvalue weighted by atomic mass is 35.5. The second kappa shape index (κ2) is 11.1. The largest absolute Gasteiger partial charge is 0.352 e. The highest BCUT2D eigenvalue weighted by molar-refractivity contribution is 7.93. The Kier molecular flexibility index (Phi) is 7.86. The number of aromatic nitrogens is 1. The van der Waals surface area contributed by atoms with Crippen LogP contribution in [-0.4, -0.2) is 48.9 Å². The summed E-state index contributed by atoms with van der Waals surface area (Å²) in [5.74, 6) is -8.06. The van der Waals surface area contributed by atoms with Gasteiger partial charge in [-0.3, -0.25) is 9.59 Å². The lowest BCUT2D eigenvalue weighted by Crippen LogP contribution is -2.53. The van der Waals surface area contributed by atoms with Crippen LogP contribution in [0.4, 0.5) is 19.0 Å². The maximum atomic E-state index is 14.5. The third-order valence-electron chi connectivity index (χ3n) is 7.49. The highest BCUT2D eigenvalue weighted by Gasteiger charge is 2.50. The number of pyridine rings is 1. The molecule has 0 bridgehead atoms. The van der Waals surface area contributed by atoms with Crippen LogP contribution < -0.4 is 9.62 Å². The topological polar surface area (TPSA) is 96.4 Å². The predicted octanol–water partition coefficient (Wildman–Crippen LogP) is 5.14. The van der Waals surface area contributed by atoms with Gasteiger partial charge in [0.25, 0.3) is 5.92 Å². The van der Waals surface area contributed by atoms with Crippen molar-refractivity contribution in [2.75, 3.05) is 10.1 Å². The number of carbonyl (C=O) groups is 2. The maximum Gasteiger partial charge on any atom is 0.252 e. The van der Waals surface area contributed by atoms with Crippen molar-refractivity contribution in [1.82, 2.24) is 10.3 Å². The van der Waals surface area contributed by atoms with E-state index < -0.39 is 70.2 Å². The van der Waals surface area contributed by atoms with Gasteiger partial charge in [-0.15, -0.1) is 0 Å². The molecule has 1 amide bonds. The van der Waals surface area contributed by atoms with Crippen LogP contribution in [0, 0.1) is 12.7 Å². The van der Waals surface area contributed by atoms with Crippen LogP contribution in [-0.2, 0) is 19.6 Å². The first-order chi connectivity index (χ1) is 19.4. The van der Waals surface area contributed by atoms with Crippen molar-refractivity contribution in [2.45, 2.75) is 56.0 Å². The molecular formula is C29H27ClF3N3O4S. The number of amides is 1. The summed E-state index contributed by atoms with van der Waals surface area (Å²) >= 11 is 6.51. The first-order valence-electron chi connectivity index (χ1n) is 13.0. The van der Waals surface area contributed by atoms with Crippen molar-refractivity contribution >= 4 is 39.1 Å². The molecular weight excluding hydrogens is 579 g/mol. The minimum atomic E-state index is -3.95. The van der Waals surface area contributed by atoms with Gasteiger partial charge in [0.2, 0.25) is 15.9 Å². The number of nitrogens with zero attached hydrogens (tertiary/aromatic N) is 2. The van der Waals surface area contributed by atoms with E-state index in [4.69, 9.17) is 11.6 Å². The minimum Gasteiger partial charge on any atom is -0.352 e. The number of aryl methyl sites for hydroxylation is 1. The molecule has 1 N–H and O–H groups in total. The number of hydrogen-bond acceptors (Lipinski definition) is 5. The molecule has 3 aromatic rings. The van der Waals surface area contributed by atoms with Gasteiger partial charge in [-0.2, -0.15) is 0 Å². The van der Waals surface area contributed by atoms with Crippen molar-refractivity contribution in [3.63, 3.8) is 0 Å². The van der Waals surface area contributed by atoms with Gasteiger partial charge in [-0.05, 0) is 60.4 Å². The van der Waals surface area contributed by atoms with E-state index in [9.17, 15) is 31.2 Å².